The summed E-state index contributed by atoms with van der Waals surface area (Å²) < 4.78 is 61.8. The number of halogens is 2. The normalized spacial score (nSPS) is 12.1. The van der Waals surface area contributed by atoms with Gasteiger partial charge in [0.1, 0.15) is 16.3 Å². The summed E-state index contributed by atoms with van der Waals surface area (Å²) in [7, 11) is -6.30. The molecule has 1 N–H and O–H groups in total. The molecule has 4 rings (SSSR count). The molecule has 4 aromatic rings. The number of hydrogen-bond donors (Lipinski definition) is 1. The number of aromatic nitrogens is 7. The van der Waals surface area contributed by atoms with E-state index in [-0.39, 0.29) is 49.7 Å². The average Bonchev–Trinajstić information content (AvgIpc) is 2.92. The van der Waals surface area contributed by atoms with Gasteiger partial charge in [0.2, 0.25) is 22.8 Å². The van der Waals surface area contributed by atoms with E-state index in [0.29, 0.717) is 5.56 Å². The van der Waals surface area contributed by atoms with Crippen LogP contribution in [-0.2, 0) is 35.1 Å². The van der Waals surface area contributed by atoms with Crippen LogP contribution in [-0.4, -0.2) is 61.3 Å². The SMILES string of the molecule is COS(=O)(=O)c1cc(C[n+]2cncnn2)ccc1/C=C/c1ccc(Nc2nc(Cl)nc(Cl)n2)cc1S(=O)(=O)OC. The number of anilines is 2. The Kier molecular flexibility index (Phi) is 8.97. The first kappa shape index (κ1) is 29.3. The van der Waals surface area contributed by atoms with Crippen molar-refractivity contribution in [2.45, 2.75) is 16.3 Å². The Labute approximate surface area is 238 Å². The van der Waals surface area contributed by atoms with Gasteiger partial charge in [0.05, 0.1) is 19.4 Å². The summed E-state index contributed by atoms with van der Waals surface area (Å²) in [4.78, 5) is 14.9. The fourth-order valence-electron chi connectivity index (χ4n) is 3.38. The lowest BCUT2D eigenvalue weighted by molar-refractivity contribution is -0.754. The van der Waals surface area contributed by atoms with Crippen LogP contribution in [0.2, 0.25) is 10.6 Å². The highest BCUT2D eigenvalue weighted by Crippen LogP contribution is 2.28. The average molecular weight is 626 g/mol. The van der Waals surface area contributed by atoms with Crippen molar-refractivity contribution in [1.82, 2.24) is 30.2 Å². The van der Waals surface area contributed by atoms with E-state index in [1.807, 2.05) is 0 Å². The zero-order valence-corrected chi connectivity index (χ0v) is 23.8. The molecule has 0 bridgehead atoms. The highest BCUT2D eigenvalue weighted by atomic mass is 35.5. The summed E-state index contributed by atoms with van der Waals surface area (Å²) in [5.74, 6) is -0.0148. The third-order valence-electron chi connectivity index (χ3n) is 5.18. The monoisotopic (exact) mass is 625 g/mol. The van der Waals surface area contributed by atoms with Gasteiger partial charge in [0, 0.05) is 10.8 Å². The first-order valence-electron chi connectivity index (χ1n) is 10.9. The molecule has 0 aliphatic carbocycles. The molecule has 0 saturated carbocycles. The molecule has 0 spiro atoms. The zero-order valence-electron chi connectivity index (χ0n) is 20.6. The molecular formula is C22H19Cl2N8O6S2+. The third-order valence-corrected chi connectivity index (χ3v) is 8.18. The van der Waals surface area contributed by atoms with Crippen molar-refractivity contribution in [3.63, 3.8) is 0 Å². The van der Waals surface area contributed by atoms with Crippen LogP contribution in [0.25, 0.3) is 12.2 Å². The number of nitrogens with zero attached hydrogens (tertiary/aromatic N) is 7. The van der Waals surface area contributed by atoms with Crippen molar-refractivity contribution in [2.75, 3.05) is 19.5 Å². The molecule has 0 atom stereocenters. The van der Waals surface area contributed by atoms with Crippen LogP contribution >= 0.6 is 23.2 Å². The van der Waals surface area contributed by atoms with Crippen LogP contribution < -0.4 is 10.00 Å². The maximum Gasteiger partial charge on any atom is 0.297 e. The van der Waals surface area contributed by atoms with E-state index in [9.17, 15) is 16.8 Å². The van der Waals surface area contributed by atoms with E-state index in [1.54, 1.807) is 18.2 Å². The van der Waals surface area contributed by atoms with Crippen molar-refractivity contribution < 1.29 is 29.9 Å². The molecule has 208 valence electrons. The molecule has 2 heterocycles. The predicted octanol–water partition coefficient (Wildman–Crippen LogP) is 2.28. The van der Waals surface area contributed by atoms with Crippen molar-refractivity contribution in [3.8, 4) is 0 Å². The van der Waals surface area contributed by atoms with E-state index in [1.165, 1.54) is 47.7 Å². The predicted molar refractivity (Wildman–Crippen MR) is 142 cm³/mol. The Morgan fingerprint density at radius 1 is 0.875 bits per heavy atom. The van der Waals surface area contributed by atoms with E-state index >= 15 is 0 Å². The highest BCUT2D eigenvalue weighted by molar-refractivity contribution is 7.87. The highest BCUT2D eigenvalue weighted by Gasteiger charge is 2.21. The standard InChI is InChI=1S/C22H19Cl2N8O6S2/c1-37-39(33,34)18-9-14(11-32-13-25-12-26-31-32)3-4-15(18)5-6-16-7-8-17(10-19(16)40(35,36)38-2)27-22-29-20(23)28-21(24)30-22/h3-10,12-13H,11H2,1-2H3,(H,27,28,29,30)/q+1/b6-5+. The van der Waals surface area contributed by atoms with Crippen LogP contribution in [0, 0.1) is 0 Å². The lowest BCUT2D eigenvalue weighted by atomic mass is 10.1. The summed E-state index contributed by atoms with van der Waals surface area (Å²) in [6.45, 7) is 0.194. The maximum atomic E-state index is 12.7. The molecule has 0 saturated heterocycles. The Morgan fingerprint density at radius 2 is 1.48 bits per heavy atom. The van der Waals surface area contributed by atoms with Gasteiger partial charge in [0.15, 0.2) is 0 Å². The van der Waals surface area contributed by atoms with Crippen molar-refractivity contribution in [2.24, 2.45) is 0 Å². The summed E-state index contributed by atoms with van der Waals surface area (Å²) in [6, 6.07) is 8.96. The van der Waals surface area contributed by atoms with Gasteiger partial charge in [0.25, 0.3) is 26.6 Å². The molecule has 18 heteroatoms. The molecule has 0 unspecified atom stereocenters. The quantitative estimate of drug-likeness (QED) is 0.154. The van der Waals surface area contributed by atoms with Gasteiger partial charge in [-0.05, 0) is 58.1 Å². The van der Waals surface area contributed by atoms with Crippen molar-refractivity contribution >= 4 is 67.2 Å². The summed E-state index contributed by atoms with van der Waals surface area (Å²) >= 11 is 11.6. The van der Waals surface area contributed by atoms with Gasteiger partial charge in [-0.1, -0.05) is 35.3 Å². The molecule has 40 heavy (non-hydrogen) atoms. The maximum absolute atomic E-state index is 12.7. The van der Waals surface area contributed by atoms with Gasteiger partial charge in [-0.25, -0.2) is 0 Å². The van der Waals surface area contributed by atoms with Crippen molar-refractivity contribution in [1.29, 1.82) is 0 Å². The fraction of sp³-hybridized carbons (Fsp3) is 0.136. The summed E-state index contributed by atoms with van der Waals surface area (Å²) in [5.41, 5.74) is 1.29. The fourth-order valence-corrected chi connectivity index (χ4v) is 5.52. The van der Waals surface area contributed by atoms with E-state index in [0.717, 1.165) is 14.2 Å². The van der Waals surface area contributed by atoms with E-state index in [4.69, 9.17) is 31.6 Å². The second-order valence-corrected chi connectivity index (χ2v) is 11.7. The van der Waals surface area contributed by atoms with Gasteiger partial charge < -0.3 is 5.32 Å². The van der Waals surface area contributed by atoms with E-state index < -0.39 is 20.2 Å². The smallest absolute Gasteiger partial charge is 0.297 e. The lowest BCUT2D eigenvalue weighted by Gasteiger charge is -2.11. The topological polar surface area (TPSA) is 180 Å². The molecule has 14 nitrogen and oxygen atoms in total. The lowest BCUT2D eigenvalue weighted by Crippen LogP contribution is -2.39. The van der Waals surface area contributed by atoms with Gasteiger partial charge in [-0.15, -0.1) is 4.68 Å². The molecule has 2 aromatic carbocycles. The minimum atomic E-state index is -4.21. The molecule has 0 aliphatic rings. The summed E-state index contributed by atoms with van der Waals surface area (Å²) in [6.07, 6.45) is 5.57. The Balaban J connectivity index is 1.73. The number of rotatable bonds is 10. The number of hydrogen-bond acceptors (Lipinski definition) is 13. The first-order chi connectivity index (χ1) is 19.0. The number of benzene rings is 2. The molecule has 0 fully saturated rings. The Hall–Kier alpha value is -3.67. The van der Waals surface area contributed by atoms with Crippen LogP contribution in [0.1, 0.15) is 16.7 Å². The second-order valence-electron chi connectivity index (χ2n) is 7.70. The molecule has 0 amide bonds. The number of nitrogens with one attached hydrogen (secondary N) is 1. The largest absolute Gasteiger partial charge is 0.324 e. The third kappa shape index (κ3) is 7.09. The summed E-state index contributed by atoms with van der Waals surface area (Å²) in [5, 5.41) is 10.0. The van der Waals surface area contributed by atoms with Crippen LogP contribution in [0.3, 0.4) is 0 Å². The van der Waals surface area contributed by atoms with Crippen LogP contribution in [0.4, 0.5) is 11.6 Å². The first-order valence-corrected chi connectivity index (χ1v) is 14.5. The van der Waals surface area contributed by atoms with Crippen molar-refractivity contribution in [3.05, 3.63) is 76.3 Å². The van der Waals surface area contributed by atoms with E-state index in [2.05, 4.69) is 35.6 Å². The van der Waals surface area contributed by atoms with Gasteiger partial charge in [-0.3, -0.25) is 8.37 Å². The zero-order chi connectivity index (χ0) is 28.9. The molecular weight excluding hydrogens is 607 g/mol. The Bertz CT molecular complexity index is 1770. The van der Waals surface area contributed by atoms with Crippen LogP contribution in [0.15, 0.2) is 58.8 Å². The molecule has 0 aliphatic heterocycles. The molecule has 0 radical (unpaired) electrons. The van der Waals surface area contributed by atoms with Gasteiger partial charge >= 0.3 is 0 Å². The minimum absolute atomic E-state index is 0.0148. The molecule has 2 aromatic heterocycles. The minimum Gasteiger partial charge on any atom is -0.324 e. The van der Waals surface area contributed by atoms with Gasteiger partial charge in [-0.2, -0.15) is 31.8 Å². The van der Waals surface area contributed by atoms with Crippen LogP contribution in [0.5, 0.6) is 0 Å². The second kappa shape index (κ2) is 12.2. The Morgan fingerprint density at radius 3 is 2.05 bits per heavy atom.